The van der Waals surface area contributed by atoms with E-state index in [0.717, 1.165) is 11.3 Å². The summed E-state index contributed by atoms with van der Waals surface area (Å²) in [5.41, 5.74) is 2.37. The summed E-state index contributed by atoms with van der Waals surface area (Å²) in [4.78, 5) is 12.5. The zero-order chi connectivity index (χ0) is 15.2. The fraction of sp³-hybridized carbons (Fsp3) is 0.375. The fourth-order valence-electron chi connectivity index (χ4n) is 2.36. The molecule has 2 aromatic rings. The summed E-state index contributed by atoms with van der Waals surface area (Å²) in [6, 6.07) is 9.47. The van der Waals surface area contributed by atoms with E-state index < -0.39 is 0 Å². The maximum absolute atomic E-state index is 12.5. The Morgan fingerprint density at radius 2 is 2.10 bits per heavy atom. The van der Waals surface area contributed by atoms with Gasteiger partial charge in [-0.05, 0) is 18.4 Å². The van der Waals surface area contributed by atoms with Crippen LogP contribution >= 0.6 is 0 Å². The molecular weight excluding hydrogens is 266 g/mol. The van der Waals surface area contributed by atoms with Crippen LogP contribution in [0.1, 0.15) is 41.0 Å². The van der Waals surface area contributed by atoms with E-state index >= 15 is 0 Å². The summed E-state index contributed by atoms with van der Waals surface area (Å²) in [5, 5.41) is 16.5. The van der Waals surface area contributed by atoms with Gasteiger partial charge in [0.25, 0.3) is 5.91 Å². The number of aryl methyl sites for hydroxylation is 2. The molecule has 1 aromatic heterocycles. The highest BCUT2D eigenvalue weighted by atomic mass is 16.3. The van der Waals surface area contributed by atoms with E-state index in [4.69, 9.17) is 0 Å². The van der Waals surface area contributed by atoms with E-state index in [2.05, 4.69) is 10.4 Å². The summed E-state index contributed by atoms with van der Waals surface area (Å²) >= 11 is 0. The number of aliphatic hydroxyl groups is 1. The van der Waals surface area contributed by atoms with Crippen molar-refractivity contribution >= 4 is 5.91 Å². The third-order valence-corrected chi connectivity index (χ3v) is 3.41. The van der Waals surface area contributed by atoms with Crippen LogP contribution < -0.4 is 5.32 Å². The third kappa shape index (κ3) is 3.70. The second-order valence-corrected chi connectivity index (χ2v) is 4.97. The van der Waals surface area contributed by atoms with Gasteiger partial charge in [0.05, 0.1) is 17.3 Å². The molecule has 0 fully saturated rings. The zero-order valence-corrected chi connectivity index (χ0v) is 12.4. The van der Waals surface area contributed by atoms with Gasteiger partial charge in [0.1, 0.15) is 0 Å². The predicted octanol–water partition coefficient (Wildman–Crippen LogP) is 1.84. The van der Waals surface area contributed by atoms with Gasteiger partial charge >= 0.3 is 0 Å². The van der Waals surface area contributed by atoms with Crippen LogP contribution in [0.4, 0.5) is 0 Å². The predicted molar refractivity (Wildman–Crippen MR) is 80.9 cm³/mol. The van der Waals surface area contributed by atoms with Crippen LogP contribution in [0.2, 0.25) is 0 Å². The molecule has 5 heteroatoms. The second-order valence-electron chi connectivity index (χ2n) is 4.97. The first-order chi connectivity index (χ1) is 10.2. The molecule has 1 heterocycles. The Kier molecular flexibility index (Phi) is 5.11. The number of amides is 1. The van der Waals surface area contributed by atoms with E-state index in [1.807, 2.05) is 37.3 Å². The molecule has 1 aromatic carbocycles. The van der Waals surface area contributed by atoms with Crippen LogP contribution in [0.25, 0.3) is 0 Å². The van der Waals surface area contributed by atoms with Gasteiger partial charge in [-0.1, -0.05) is 37.3 Å². The average Bonchev–Trinajstić information content (AvgIpc) is 2.89. The normalized spacial score (nSPS) is 12.1. The molecular formula is C16H21N3O2. The Labute approximate surface area is 124 Å². The SMILES string of the molecule is CCc1nn(C)cc1C(=O)NC(CCO)c1ccccc1. The number of nitrogens with zero attached hydrogens (tertiary/aromatic N) is 2. The number of carbonyl (C=O) groups excluding carboxylic acids is 1. The minimum atomic E-state index is -0.200. The lowest BCUT2D eigenvalue weighted by Crippen LogP contribution is -2.29. The van der Waals surface area contributed by atoms with Gasteiger partial charge in [-0.2, -0.15) is 5.10 Å². The van der Waals surface area contributed by atoms with Gasteiger partial charge in [-0.15, -0.1) is 0 Å². The maximum atomic E-state index is 12.5. The maximum Gasteiger partial charge on any atom is 0.255 e. The average molecular weight is 287 g/mol. The van der Waals surface area contributed by atoms with Gasteiger partial charge in [-0.25, -0.2) is 0 Å². The smallest absolute Gasteiger partial charge is 0.255 e. The molecule has 0 aliphatic carbocycles. The molecule has 0 spiro atoms. The minimum absolute atomic E-state index is 0.0213. The summed E-state index contributed by atoms with van der Waals surface area (Å²) in [6.07, 6.45) is 2.92. The first-order valence-electron chi connectivity index (χ1n) is 7.14. The van der Waals surface area contributed by atoms with Crippen LogP contribution in [0, 0.1) is 0 Å². The van der Waals surface area contributed by atoms with Crippen LogP contribution in [0.5, 0.6) is 0 Å². The number of rotatable bonds is 6. The molecule has 0 aliphatic heterocycles. The van der Waals surface area contributed by atoms with Gasteiger partial charge in [0.15, 0.2) is 0 Å². The molecule has 0 saturated carbocycles. The quantitative estimate of drug-likeness (QED) is 0.852. The molecule has 112 valence electrons. The van der Waals surface area contributed by atoms with Gasteiger partial charge in [0.2, 0.25) is 0 Å². The Morgan fingerprint density at radius 3 is 2.71 bits per heavy atom. The highest BCUT2D eigenvalue weighted by molar-refractivity contribution is 5.95. The monoisotopic (exact) mass is 287 g/mol. The van der Waals surface area contributed by atoms with Crippen LogP contribution in [-0.2, 0) is 13.5 Å². The number of nitrogens with one attached hydrogen (secondary N) is 1. The van der Waals surface area contributed by atoms with E-state index in [9.17, 15) is 9.90 Å². The number of carbonyl (C=O) groups is 1. The first-order valence-corrected chi connectivity index (χ1v) is 7.14. The zero-order valence-electron chi connectivity index (χ0n) is 12.4. The Bertz CT molecular complexity index is 593. The van der Waals surface area contributed by atoms with Crippen molar-refractivity contribution in [2.45, 2.75) is 25.8 Å². The fourth-order valence-corrected chi connectivity index (χ4v) is 2.36. The number of hydrogen-bond donors (Lipinski definition) is 2. The summed E-state index contributed by atoms with van der Waals surface area (Å²) < 4.78 is 1.65. The van der Waals surface area contributed by atoms with E-state index in [1.54, 1.807) is 17.9 Å². The van der Waals surface area contributed by atoms with Crippen molar-refractivity contribution in [3.63, 3.8) is 0 Å². The molecule has 2 rings (SSSR count). The van der Waals surface area contributed by atoms with Crippen molar-refractivity contribution in [2.24, 2.45) is 7.05 Å². The van der Waals surface area contributed by atoms with Crippen molar-refractivity contribution in [3.8, 4) is 0 Å². The summed E-state index contributed by atoms with van der Waals surface area (Å²) in [5.74, 6) is -0.151. The Morgan fingerprint density at radius 1 is 1.38 bits per heavy atom. The molecule has 1 unspecified atom stereocenters. The van der Waals surface area contributed by atoms with E-state index in [-0.39, 0.29) is 18.6 Å². The Hall–Kier alpha value is -2.14. The lowest BCUT2D eigenvalue weighted by atomic mass is 10.0. The van der Waals surface area contributed by atoms with Crippen molar-refractivity contribution in [3.05, 3.63) is 53.3 Å². The molecule has 1 amide bonds. The van der Waals surface area contributed by atoms with Crippen molar-refractivity contribution in [1.29, 1.82) is 0 Å². The van der Waals surface area contributed by atoms with Crippen LogP contribution in [-0.4, -0.2) is 27.4 Å². The summed E-state index contributed by atoms with van der Waals surface area (Å²) in [7, 11) is 1.80. The van der Waals surface area contributed by atoms with Gasteiger partial charge < -0.3 is 10.4 Å². The molecule has 1 atom stereocenters. The highest BCUT2D eigenvalue weighted by Crippen LogP contribution is 2.17. The number of aliphatic hydroxyl groups excluding tert-OH is 1. The molecule has 0 aliphatic rings. The van der Waals surface area contributed by atoms with Gasteiger partial charge in [-0.3, -0.25) is 9.48 Å². The van der Waals surface area contributed by atoms with Crippen molar-refractivity contribution in [2.75, 3.05) is 6.61 Å². The molecule has 0 saturated heterocycles. The Balaban J connectivity index is 2.18. The lowest BCUT2D eigenvalue weighted by Gasteiger charge is -2.18. The van der Waals surface area contributed by atoms with E-state index in [0.29, 0.717) is 18.4 Å². The molecule has 5 nitrogen and oxygen atoms in total. The number of aromatic nitrogens is 2. The standard InChI is InChI=1S/C16H21N3O2/c1-3-14-13(11-19(2)18-14)16(21)17-15(9-10-20)12-7-5-4-6-8-12/h4-8,11,15,20H,3,9-10H2,1-2H3,(H,17,21). The molecule has 2 N–H and O–H groups in total. The van der Waals surface area contributed by atoms with Crippen LogP contribution in [0.3, 0.4) is 0 Å². The molecule has 0 radical (unpaired) electrons. The number of hydrogen-bond acceptors (Lipinski definition) is 3. The molecule has 21 heavy (non-hydrogen) atoms. The lowest BCUT2D eigenvalue weighted by molar-refractivity contribution is 0.0929. The topological polar surface area (TPSA) is 67.2 Å². The number of benzene rings is 1. The van der Waals surface area contributed by atoms with Crippen molar-refractivity contribution in [1.82, 2.24) is 15.1 Å². The summed E-state index contributed by atoms with van der Waals surface area (Å²) in [6.45, 7) is 2.00. The van der Waals surface area contributed by atoms with E-state index in [1.165, 1.54) is 0 Å². The first kappa shape index (κ1) is 15.3. The second kappa shape index (κ2) is 7.04. The van der Waals surface area contributed by atoms with Crippen LogP contribution in [0.15, 0.2) is 36.5 Å². The minimum Gasteiger partial charge on any atom is -0.396 e. The third-order valence-electron chi connectivity index (χ3n) is 3.41. The molecule has 0 bridgehead atoms. The highest BCUT2D eigenvalue weighted by Gasteiger charge is 2.19. The van der Waals surface area contributed by atoms with Crippen molar-refractivity contribution < 1.29 is 9.90 Å². The van der Waals surface area contributed by atoms with Gasteiger partial charge in [0, 0.05) is 19.9 Å². The largest absolute Gasteiger partial charge is 0.396 e.